The molecule has 0 radical (unpaired) electrons. The summed E-state index contributed by atoms with van der Waals surface area (Å²) in [5.41, 5.74) is -0.202. The fraction of sp³-hybridized carbons (Fsp3) is 0.409. The molecule has 3 rings (SSSR count). The summed E-state index contributed by atoms with van der Waals surface area (Å²) in [5.74, 6) is -0.806. The SMILES string of the molecule is CCOC1CC(NC(=O)c2cncc(-c3ccc(OC)cc3)c2)(C(=O)O)C1(C)C. The Hall–Kier alpha value is -2.93. The van der Waals surface area contributed by atoms with Crippen molar-refractivity contribution in [2.75, 3.05) is 13.7 Å². The Balaban J connectivity index is 1.84. The quantitative estimate of drug-likeness (QED) is 0.744. The number of carboxylic acids is 1. The van der Waals surface area contributed by atoms with Gasteiger partial charge in [0.15, 0.2) is 0 Å². The molecule has 2 atom stereocenters. The number of hydrogen-bond acceptors (Lipinski definition) is 5. The van der Waals surface area contributed by atoms with Gasteiger partial charge in [-0.2, -0.15) is 0 Å². The van der Waals surface area contributed by atoms with Crippen LogP contribution in [0.25, 0.3) is 11.1 Å². The first-order valence-electron chi connectivity index (χ1n) is 9.52. The monoisotopic (exact) mass is 398 g/mol. The second kappa shape index (κ2) is 7.83. The van der Waals surface area contributed by atoms with Crippen LogP contribution in [0.4, 0.5) is 0 Å². The Morgan fingerprint density at radius 2 is 1.90 bits per heavy atom. The molecular formula is C22H26N2O5. The minimum Gasteiger partial charge on any atom is -0.497 e. The van der Waals surface area contributed by atoms with Crippen LogP contribution < -0.4 is 10.1 Å². The molecule has 7 nitrogen and oxygen atoms in total. The van der Waals surface area contributed by atoms with Crippen LogP contribution in [-0.2, 0) is 9.53 Å². The highest BCUT2D eigenvalue weighted by atomic mass is 16.5. The molecule has 0 aliphatic heterocycles. The highest BCUT2D eigenvalue weighted by Crippen LogP contribution is 2.51. The molecular weight excluding hydrogens is 372 g/mol. The van der Waals surface area contributed by atoms with E-state index in [1.807, 2.05) is 31.2 Å². The van der Waals surface area contributed by atoms with Crippen LogP contribution in [0.3, 0.4) is 0 Å². The number of carbonyl (C=O) groups is 2. The number of benzene rings is 1. The number of rotatable bonds is 7. The minimum atomic E-state index is -1.39. The van der Waals surface area contributed by atoms with E-state index < -0.39 is 22.8 Å². The summed E-state index contributed by atoms with van der Waals surface area (Å²) in [7, 11) is 1.60. The van der Waals surface area contributed by atoms with E-state index in [2.05, 4.69) is 10.3 Å². The molecule has 2 N–H and O–H groups in total. The van der Waals surface area contributed by atoms with Gasteiger partial charge in [0, 0.05) is 36.4 Å². The lowest BCUT2D eigenvalue weighted by Crippen LogP contribution is -2.76. The molecule has 2 unspecified atom stereocenters. The predicted octanol–water partition coefficient (Wildman–Crippen LogP) is 3.15. The number of carbonyl (C=O) groups excluding carboxylic acids is 1. The van der Waals surface area contributed by atoms with E-state index in [4.69, 9.17) is 9.47 Å². The van der Waals surface area contributed by atoms with E-state index in [0.29, 0.717) is 12.2 Å². The largest absolute Gasteiger partial charge is 0.497 e. The van der Waals surface area contributed by atoms with E-state index in [0.717, 1.165) is 16.9 Å². The van der Waals surface area contributed by atoms with Gasteiger partial charge in [-0.3, -0.25) is 9.78 Å². The van der Waals surface area contributed by atoms with Crippen LogP contribution in [0, 0.1) is 5.41 Å². The zero-order valence-corrected chi connectivity index (χ0v) is 17.1. The summed E-state index contributed by atoms with van der Waals surface area (Å²) >= 11 is 0. The highest BCUT2D eigenvalue weighted by Gasteiger charge is 2.66. The first-order chi connectivity index (χ1) is 13.7. The number of ether oxygens (including phenoxy) is 2. The van der Waals surface area contributed by atoms with Gasteiger partial charge < -0.3 is 19.9 Å². The summed E-state index contributed by atoms with van der Waals surface area (Å²) in [6, 6.07) is 9.10. The Morgan fingerprint density at radius 3 is 2.45 bits per heavy atom. The number of carboxylic acid groups (broad SMARTS) is 1. The number of hydrogen-bond donors (Lipinski definition) is 2. The molecule has 0 spiro atoms. The fourth-order valence-corrected chi connectivity index (χ4v) is 3.81. The van der Waals surface area contributed by atoms with Gasteiger partial charge >= 0.3 is 5.97 Å². The molecule has 29 heavy (non-hydrogen) atoms. The van der Waals surface area contributed by atoms with Crippen molar-refractivity contribution in [3.63, 3.8) is 0 Å². The Morgan fingerprint density at radius 1 is 1.21 bits per heavy atom. The lowest BCUT2D eigenvalue weighted by Gasteiger charge is -2.58. The van der Waals surface area contributed by atoms with Gasteiger partial charge in [0.25, 0.3) is 5.91 Å². The second-order valence-electron chi connectivity index (χ2n) is 7.73. The zero-order chi connectivity index (χ0) is 21.2. The third kappa shape index (κ3) is 3.58. The van der Waals surface area contributed by atoms with Gasteiger partial charge in [-0.05, 0) is 30.7 Å². The van der Waals surface area contributed by atoms with Gasteiger partial charge in [-0.25, -0.2) is 4.79 Å². The van der Waals surface area contributed by atoms with Crippen LogP contribution in [-0.4, -0.2) is 47.3 Å². The highest BCUT2D eigenvalue weighted by molar-refractivity contribution is 5.99. The first-order valence-corrected chi connectivity index (χ1v) is 9.52. The maximum absolute atomic E-state index is 12.9. The van der Waals surface area contributed by atoms with E-state index >= 15 is 0 Å². The van der Waals surface area contributed by atoms with Crippen LogP contribution in [0.5, 0.6) is 5.75 Å². The molecule has 1 aliphatic rings. The fourth-order valence-electron chi connectivity index (χ4n) is 3.81. The van der Waals surface area contributed by atoms with Crippen molar-refractivity contribution in [1.82, 2.24) is 10.3 Å². The van der Waals surface area contributed by atoms with Crippen molar-refractivity contribution >= 4 is 11.9 Å². The van der Waals surface area contributed by atoms with Gasteiger partial charge in [-0.15, -0.1) is 0 Å². The molecule has 0 bridgehead atoms. The number of aliphatic carboxylic acids is 1. The molecule has 154 valence electrons. The van der Waals surface area contributed by atoms with E-state index in [-0.39, 0.29) is 12.5 Å². The van der Waals surface area contributed by atoms with Crippen molar-refractivity contribution < 1.29 is 24.2 Å². The van der Waals surface area contributed by atoms with E-state index in [1.165, 1.54) is 6.20 Å². The molecule has 1 heterocycles. The average Bonchev–Trinajstić information content (AvgIpc) is 2.72. The van der Waals surface area contributed by atoms with Crippen LogP contribution in [0.15, 0.2) is 42.7 Å². The normalized spacial score (nSPS) is 22.4. The summed E-state index contributed by atoms with van der Waals surface area (Å²) in [6.45, 7) is 5.96. The molecule has 2 aromatic rings. The molecule has 7 heteroatoms. The number of nitrogens with zero attached hydrogens (tertiary/aromatic N) is 1. The minimum absolute atomic E-state index is 0.223. The summed E-state index contributed by atoms with van der Waals surface area (Å²) < 4.78 is 10.8. The summed E-state index contributed by atoms with van der Waals surface area (Å²) in [6.07, 6.45) is 3.08. The molecule has 1 aromatic carbocycles. The van der Waals surface area contributed by atoms with Crippen LogP contribution >= 0.6 is 0 Å². The van der Waals surface area contributed by atoms with Crippen molar-refractivity contribution in [2.24, 2.45) is 5.41 Å². The smallest absolute Gasteiger partial charge is 0.330 e. The Kier molecular flexibility index (Phi) is 5.61. The Bertz CT molecular complexity index is 910. The topological polar surface area (TPSA) is 97.8 Å². The summed E-state index contributed by atoms with van der Waals surface area (Å²) in [4.78, 5) is 29.2. The van der Waals surface area contributed by atoms with Crippen molar-refractivity contribution in [1.29, 1.82) is 0 Å². The maximum Gasteiger partial charge on any atom is 0.330 e. The number of amides is 1. The van der Waals surface area contributed by atoms with Gasteiger partial charge in [0.1, 0.15) is 11.3 Å². The number of aromatic nitrogens is 1. The number of nitrogens with one attached hydrogen (secondary N) is 1. The third-order valence-corrected chi connectivity index (χ3v) is 5.88. The first kappa shape index (κ1) is 20.8. The van der Waals surface area contributed by atoms with Gasteiger partial charge in [0.05, 0.1) is 18.8 Å². The molecule has 1 saturated carbocycles. The second-order valence-corrected chi connectivity index (χ2v) is 7.73. The molecule has 1 aromatic heterocycles. The van der Waals surface area contributed by atoms with Crippen LogP contribution in [0.1, 0.15) is 37.6 Å². The summed E-state index contributed by atoms with van der Waals surface area (Å²) in [5, 5.41) is 12.6. The average molecular weight is 398 g/mol. The van der Waals surface area contributed by atoms with Crippen LogP contribution in [0.2, 0.25) is 0 Å². The number of pyridine rings is 1. The molecule has 1 fully saturated rings. The zero-order valence-electron chi connectivity index (χ0n) is 17.1. The molecule has 1 amide bonds. The predicted molar refractivity (Wildman–Crippen MR) is 108 cm³/mol. The van der Waals surface area contributed by atoms with E-state index in [9.17, 15) is 14.7 Å². The number of methoxy groups -OCH3 is 1. The van der Waals surface area contributed by atoms with E-state index in [1.54, 1.807) is 33.2 Å². The lowest BCUT2D eigenvalue weighted by molar-refractivity contribution is -0.190. The lowest BCUT2D eigenvalue weighted by atomic mass is 9.54. The maximum atomic E-state index is 12.9. The van der Waals surface area contributed by atoms with Gasteiger partial charge in [0.2, 0.25) is 0 Å². The van der Waals surface area contributed by atoms with Gasteiger partial charge in [-0.1, -0.05) is 26.0 Å². The molecule has 0 saturated heterocycles. The third-order valence-electron chi connectivity index (χ3n) is 5.88. The standard InChI is InChI=1S/C22H26N2O5/c1-5-29-18-11-22(20(26)27,21(18,2)3)24-19(25)16-10-15(12-23-13-16)14-6-8-17(28-4)9-7-14/h6-10,12-13,18H,5,11H2,1-4H3,(H,24,25)(H,26,27). The van der Waals surface area contributed by atoms with Crippen molar-refractivity contribution in [2.45, 2.75) is 38.8 Å². The van der Waals surface area contributed by atoms with Crippen molar-refractivity contribution in [3.05, 3.63) is 48.3 Å². The Labute approximate surface area is 170 Å². The molecule has 1 aliphatic carbocycles. The van der Waals surface area contributed by atoms with Crippen molar-refractivity contribution in [3.8, 4) is 16.9 Å².